The molecule has 156 valence electrons. The van der Waals surface area contributed by atoms with E-state index in [1.807, 2.05) is 98.8 Å². The van der Waals surface area contributed by atoms with Crippen molar-refractivity contribution in [3.8, 4) is 0 Å². The van der Waals surface area contributed by atoms with Crippen LogP contribution in [0.4, 0.5) is 0 Å². The molecule has 0 saturated heterocycles. The van der Waals surface area contributed by atoms with Gasteiger partial charge in [-0.3, -0.25) is 4.79 Å². The van der Waals surface area contributed by atoms with Crippen LogP contribution in [0.15, 0.2) is 94.3 Å². The zero-order valence-corrected chi connectivity index (χ0v) is 18.4. The maximum Gasteiger partial charge on any atom is 0.253 e. The van der Waals surface area contributed by atoms with Crippen molar-refractivity contribution in [2.24, 2.45) is 0 Å². The van der Waals surface area contributed by atoms with E-state index >= 15 is 0 Å². The van der Waals surface area contributed by atoms with Crippen LogP contribution in [0.2, 0.25) is 0 Å². The van der Waals surface area contributed by atoms with E-state index in [4.69, 9.17) is 4.52 Å². The van der Waals surface area contributed by atoms with Crippen LogP contribution in [-0.4, -0.2) is 11.1 Å². The largest absolute Gasteiger partial charge is 0.361 e. The summed E-state index contributed by atoms with van der Waals surface area (Å²) >= 11 is 1.62. The lowest BCUT2D eigenvalue weighted by molar-refractivity contribution is 0.0940. The van der Waals surface area contributed by atoms with Crippen molar-refractivity contribution >= 4 is 17.7 Å². The smallest absolute Gasteiger partial charge is 0.253 e. The lowest BCUT2D eigenvalue weighted by atomic mass is 9.98. The summed E-state index contributed by atoms with van der Waals surface area (Å²) in [6.07, 6.45) is 0. The van der Waals surface area contributed by atoms with Gasteiger partial charge in [0.1, 0.15) is 5.76 Å². The van der Waals surface area contributed by atoms with Gasteiger partial charge in [0.2, 0.25) is 0 Å². The average Bonchev–Trinajstić information content (AvgIpc) is 3.14. The minimum atomic E-state index is -0.226. The molecule has 0 aliphatic rings. The number of nitrogens with one attached hydrogen (secondary N) is 1. The quantitative estimate of drug-likeness (QED) is 0.361. The highest BCUT2D eigenvalue weighted by atomic mass is 32.2. The molecule has 0 spiro atoms. The molecular formula is C26H24N2O2S. The number of benzene rings is 3. The van der Waals surface area contributed by atoms with E-state index in [1.54, 1.807) is 11.8 Å². The molecule has 5 heteroatoms. The first-order valence-corrected chi connectivity index (χ1v) is 11.2. The second kappa shape index (κ2) is 9.67. The Morgan fingerprint density at radius 2 is 1.48 bits per heavy atom. The molecule has 0 saturated carbocycles. The Labute approximate surface area is 186 Å². The number of hydrogen-bond acceptors (Lipinski definition) is 4. The number of carbonyl (C=O) groups is 1. The van der Waals surface area contributed by atoms with E-state index in [2.05, 4.69) is 10.5 Å². The predicted octanol–water partition coefficient (Wildman–Crippen LogP) is 6.10. The summed E-state index contributed by atoms with van der Waals surface area (Å²) in [5.41, 5.74) is 4.72. The molecular weight excluding hydrogens is 404 g/mol. The van der Waals surface area contributed by atoms with Crippen LogP contribution in [0.5, 0.6) is 0 Å². The summed E-state index contributed by atoms with van der Waals surface area (Å²) in [5, 5.41) is 7.26. The Kier molecular flexibility index (Phi) is 6.53. The van der Waals surface area contributed by atoms with Crippen molar-refractivity contribution in [1.82, 2.24) is 10.5 Å². The molecule has 0 atom stereocenters. The maximum atomic E-state index is 13.4. The predicted molar refractivity (Wildman–Crippen MR) is 124 cm³/mol. The van der Waals surface area contributed by atoms with Crippen LogP contribution in [0.3, 0.4) is 0 Å². The van der Waals surface area contributed by atoms with Gasteiger partial charge in [-0.15, -0.1) is 11.8 Å². The molecule has 4 aromatic rings. The average molecular weight is 429 g/mol. The van der Waals surface area contributed by atoms with Crippen LogP contribution in [-0.2, 0) is 5.75 Å². The Balaban J connectivity index is 1.58. The molecule has 31 heavy (non-hydrogen) atoms. The minimum Gasteiger partial charge on any atom is -0.361 e. The van der Waals surface area contributed by atoms with Gasteiger partial charge in [0.25, 0.3) is 5.91 Å². The minimum absolute atomic E-state index is 0.0976. The molecule has 0 unspecified atom stereocenters. The Hall–Kier alpha value is -3.31. The van der Waals surface area contributed by atoms with Crippen LogP contribution < -0.4 is 5.32 Å². The molecule has 1 heterocycles. The fourth-order valence-electron chi connectivity index (χ4n) is 3.50. The summed E-state index contributed by atoms with van der Waals surface area (Å²) < 4.78 is 5.27. The van der Waals surface area contributed by atoms with Gasteiger partial charge in [0, 0.05) is 16.2 Å². The highest BCUT2D eigenvalue weighted by Gasteiger charge is 2.20. The molecule has 1 amide bonds. The zero-order chi connectivity index (χ0) is 21.6. The molecule has 0 bridgehead atoms. The number of hydrogen-bond donors (Lipinski definition) is 1. The molecule has 4 nitrogen and oxygen atoms in total. The Morgan fingerprint density at radius 3 is 2.06 bits per heavy atom. The summed E-state index contributed by atoms with van der Waals surface area (Å²) in [5.74, 6) is 1.42. The van der Waals surface area contributed by atoms with Crippen molar-refractivity contribution < 1.29 is 9.32 Å². The number of carbonyl (C=O) groups excluding carboxylic acids is 1. The third kappa shape index (κ3) is 4.89. The first-order chi connectivity index (χ1) is 15.1. The standard InChI is InChI=1S/C26H24N2O2S/c1-18-23(19(2)30-28-18)17-31-24-16-10-9-15-22(24)26(29)27-25(20-11-5-3-6-12-20)21-13-7-4-8-14-21/h3-16,25H,17H2,1-2H3,(H,27,29). The van der Waals surface area contributed by atoms with Crippen LogP contribution in [0.1, 0.15) is 44.5 Å². The summed E-state index contributed by atoms with van der Waals surface area (Å²) in [4.78, 5) is 14.3. The molecule has 1 aromatic heterocycles. The van der Waals surface area contributed by atoms with Crippen molar-refractivity contribution in [2.75, 3.05) is 0 Å². The van der Waals surface area contributed by atoms with Crippen molar-refractivity contribution in [1.29, 1.82) is 0 Å². The van der Waals surface area contributed by atoms with E-state index in [9.17, 15) is 4.79 Å². The van der Waals surface area contributed by atoms with E-state index in [1.165, 1.54) is 0 Å². The topological polar surface area (TPSA) is 55.1 Å². The van der Waals surface area contributed by atoms with Crippen LogP contribution in [0, 0.1) is 13.8 Å². The first-order valence-electron chi connectivity index (χ1n) is 10.2. The van der Waals surface area contributed by atoms with Crippen molar-refractivity contribution in [3.63, 3.8) is 0 Å². The lowest BCUT2D eigenvalue weighted by Crippen LogP contribution is -2.29. The monoisotopic (exact) mass is 428 g/mol. The van der Waals surface area contributed by atoms with Gasteiger partial charge >= 0.3 is 0 Å². The van der Waals surface area contributed by atoms with Gasteiger partial charge in [0.05, 0.1) is 17.3 Å². The highest BCUT2D eigenvalue weighted by molar-refractivity contribution is 7.98. The molecule has 1 N–H and O–H groups in total. The normalized spacial score (nSPS) is 10.9. The third-order valence-electron chi connectivity index (χ3n) is 5.23. The SMILES string of the molecule is Cc1noc(C)c1CSc1ccccc1C(=O)NC(c1ccccc1)c1ccccc1. The number of amides is 1. The number of thioether (sulfide) groups is 1. The molecule has 0 aliphatic carbocycles. The number of rotatable bonds is 7. The first kappa shape index (κ1) is 20.9. The molecule has 3 aromatic carbocycles. The second-order valence-electron chi connectivity index (χ2n) is 7.32. The molecule has 0 radical (unpaired) electrons. The number of aryl methyl sites for hydroxylation is 2. The van der Waals surface area contributed by atoms with Crippen molar-refractivity contribution in [2.45, 2.75) is 30.5 Å². The van der Waals surface area contributed by atoms with E-state index in [-0.39, 0.29) is 11.9 Å². The summed E-state index contributed by atoms with van der Waals surface area (Å²) in [6, 6.07) is 27.6. The van der Waals surface area contributed by atoms with E-state index in [0.717, 1.165) is 33.0 Å². The highest BCUT2D eigenvalue weighted by Crippen LogP contribution is 2.30. The van der Waals surface area contributed by atoms with Gasteiger partial charge in [-0.2, -0.15) is 0 Å². The lowest BCUT2D eigenvalue weighted by Gasteiger charge is -2.21. The van der Waals surface area contributed by atoms with E-state index < -0.39 is 0 Å². The van der Waals surface area contributed by atoms with Gasteiger partial charge < -0.3 is 9.84 Å². The van der Waals surface area contributed by atoms with Gasteiger partial charge in [-0.25, -0.2) is 0 Å². The fraction of sp³-hybridized carbons (Fsp3) is 0.154. The molecule has 0 fully saturated rings. The maximum absolute atomic E-state index is 13.4. The molecule has 0 aliphatic heterocycles. The number of aromatic nitrogens is 1. The Bertz CT molecular complexity index is 1100. The second-order valence-corrected chi connectivity index (χ2v) is 8.33. The van der Waals surface area contributed by atoms with Gasteiger partial charge in [-0.05, 0) is 37.1 Å². The van der Waals surface area contributed by atoms with E-state index in [0.29, 0.717) is 11.3 Å². The summed E-state index contributed by atoms with van der Waals surface area (Å²) in [7, 11) is 0. The van der Waals surface area contributed by atoms with Gasteiger partial charge in [0.15, 0.2) is 0 Å². The Morgan fingerprint density at radius 1 is 0.903 bits per heavy atom. The summed E-state index contributed by atoms with van der Waals surface area (Å²) in [6.45, 7) is 3.86. The third-order valence-corrected chi connectivity index (χ3v) is 6.33. The van der Waals surface area contributed by atoms with Crippen molar-refractivity contribution in [3.05, 3.63) is 119 Å². The van der Waals surface area contributed by atoms with Crippen LogP contribution in [0.25, 0.3) is 0 Å². The van der Waals surface area contributed by atoms with Gasteiger partial charge in [-0.1, -0.05) is 78.0 Å². The molecule has 4 rings (SSSR count). The fourth-order valence-corrected chi connectivity index (χ4v) is 4.70. The number of nitrogens with zero attached hydrogens (tertiary/aromatic N) is 1. The van der Waals surface area contributed by atoms with Crippen LogP contribution >= 0.6 is 11.8 Å². The zero-order valence-electron chi connectivity index (χ0n) is 17.5.